The molecule has 0 saturated carbocycles. The summed E-state index contributed by atoms with van der Waals surface area (Å²) in [5.74, 6) is 0.222. The first kappa shape index (κ1) is 18.0. The van der Waals surface area contributed by atoms with E-state index >= 15 is 0 Å². The van der Waals surface area contributed by atoms with Crippen molar-refractivity contribution in [3.8, 4) is 0 Å². The molecule has 3 N–H and O–H groups in total. The van der Waals surface area contributed by atoms with Crippen LogP contribution in [0.3, 0.4) is 0 Å². The molecule has 138 valence electrons. The van der Waals surface area contributed by atoms with Gasteiger partial charge in [-0.1, -0.05) is 32.1 Å². The standard InChI is InChI=1S/C15H19N7O3S/c1-15(2,3)12-20-21-13(26-12)18-8(23)6-5-7-16-9-10(17-7)22(4)14(25)19-11(9)24/h5-6H2,1-4H3,(H,16,17)(H,18,21,23)(H,19,24,25). The molecule has 0 spiro atoms. The zero-order valence-electron chi connectivity index (χ0n) is 14.8. The van der Waals surface area contributed by atoms with Crippen LogP contribution in [0.5, 0.6) is 0 Å². The van der Waals surface area contributed by atoms with Gasteiger partial charge in [0.25, 0.3) is 5.56 Å². The number of anilines is 1. The molecule has 11 heteroatoms. The second-order valence-corrected chi connectivity index (χ2v) is 7.89. The average molecular weight is 377 g/mol. The van der Waals surface area contributed by atoms with E-state index in [0.717, 1.165) is 5.01 Å². The van der Waals surface area contributed by atoms with Crippen molar-refractivity contribution in [2.24, 2.45) is 7.05 Å². The minimum Gasteiger partial charge on any atom is -0.336 e. The summed E-state index contributed by atoms with van der Waals surface area (Å²) in [7, 11) is 1.51. The number of aromatic nitrogens is 6. The van der Waals surface area contributed by atoms with E-state index in [1.165, 1.54) is 23.0 Å². The monoisotopic (exact) mass is 377 g/mol. The number of amides is 1. The third kappa shape index (κ3) is 3.57. The fourth-order valence-corrected chi connectivity index (χ4v) is 3.08. The zero-order valence-corrected chi connectivity index (χ0v) is 15.7. The van der Waals surface area contributed by atoms with E-state index in [9.17, 15) is 14.4 Å². The van der Waals surface area contributed by atoms with Crippen LogP contribution in [0.2, 0.25) is 0 Å². The summed E-state index contributed by atoms with van der Waals surface area (Å²) in [6.45, 7) is 6.07. The normalized spacial score (nSPS) is 11.8. The second-order valence-electron chi connectivity index (χ2n) is 6.91. The largest absolute Gasteiger partial charge is 0.336 e. The molecule has 0 bridgehead atoms. The van der Waals surface area contributed by atoms with Gasteiger partial charge in [0, 0.05) is 25.3 Å². The lowest BCUT2D eigenvalue weighted by atomic mass is 9.98. The molecule has 0 aromatic carbocycles. The van der Waals surface area contributed by atoms with Gasteiger partial charge >= 0.3 is 5.69 Å². The number of hydrogen-bond acceptors (Lipinski definition) is 7. The molecule has 1 amide bonds. The van der Waals surface area contributed by atoms with Crippen LogP contribution in [0.15, 0.2) is 9.59 Å². The van der Waals surface area contributed by atoms with Crippen molar-refractivity contribution in [2.45, 2.75) is 39.0 Å². The molecule has 0 radical (unpaired) electrons. The SMILES string of the molecule is Cn1c(=O)[nH]c(=O)c2[nH]c(CCC(=O)Nc3nnc(C(C)(C)C)s3)nc21. The van der Waals surface area contributed by atoms with Gasteiger partial charge in [0.2, 0.25) is 11.0 Å². The van der Waals surface area contributed by atoms with Crippen LogP contribution in [0.25, 0.3) is 11.2 Å². The molecule has 0 saturated heterocycles. The lowest BCUT2D eigenvalue weighted by molar-refractivity contribution is -0.116. The summed E-state index contributed by atoms with van der Waals surface area (Å²) < 4.78 is 1.24. The highest BCUT2D eigenvalue weighted by Crippen LogP contribution is 2.27. The zero-order chi connectivity index (χ0) is 19.1. The Hall–Kier alpha value is -2.82. The molecule has 3 aromatic rings. The second kappa shape index (κ2) is 6.48. The molecule has 26 heavy (non-hydrogen) atoms. The van der Waals surface area contributed by atoms with Gasteiger partial charge in [0.15, 0.2) is 5.65 Å². The van der Waals surface area contributed by atoms with Crippen LogP contribution >= 0.6 is 11.3 Å². The number of nitrogens with zero attached hydrogens (tertiary/aromatic N) is 4. The average Bonchev–Trinajstić information content (AvgIpc) is 3.17. The van der Waals surface area contributed by atoms with E-state index in [2.05, 4.69) is 30.5 Å². The van der Waals surface area contributed by atoms with Crippen molar-refractivity contribution in [2.75, 3.05) is 5.32 Å². The van der Waals surface area contributed by atoms with Gasteiger partial charge in [-0.3, -0.25) is 19.1 Å². The van der Waals surface area contributed by atoms with E-state index in [1.807, 2.05) is 20.8 Å². The van der Waals surface area contributed by atoms with Crippen molar-refractivity contribution < 1.29 is 4.79 Å². The molecular formula is C15H19N7O3S. The number of carbonyl (C=O) groups excluding carboxylic acids is 1. The Labute approximate surface area is 151 Å². The first-order valence-electron chi connectivity index (χ1n) is 7.97. The minimum atomic E-state index is -0.538. The van der Waals surface area contributed by atoms with Crippen molar-refractivity contribution >= 4 is 33.5 Å². The molecule has 0 atom stereocenters. The Balaban J connectivity index is 1.68. The number of imidazole rings is 1. The summed E-state index contributed by atoms with van der Waals surface area (Å²) in [5.41, 5.74) is -0.730. The third-order valence-corrected chi connectivity index (χ3v) is 4.97. The quantitative estimate of drug-likeness (QED) is 0.611. The number of carbonyl (C=O) groups is 1. The van der Waals surface area contributed by atoms with Crippen LogP contribution in [-0.2, 0) is 23.7 Å². The highest BCUT2D eigenvalue weighted by atomic mass is 32.1. The maximum atomic E-state index is 12.1. The van der Waals surface area contributed by atoms with Gasteiger partial charge in [-0.05, 0) is 0 Å². The number of nitrogens with one attached hydrogen (secondary N) is 3. The number of hydrogen-bond donors (Lipinski definition) is 3. The Morgan fingerprint density at radius 3 is 2.62 bits per heavy atom. The molecule has 0 aliphatic carbocycles. The fourth-order valence-electron chi connectivity index (χ4n) is 2.26. The first-order valence-corrected chi connectivity index (χ1v) is 8.78. The van der Waals surface area contributed by atoms with Crippen LogP contribution in [-0.4, -0.2) is 35.6 Å². The van der Waals surface area contributed by atoms with Gasteiger partial charge < -0.3 is 10.3 Å². The fraction of sp³-hybridized carbons (Fsp3) is 0.467. The van der Waals surface area contributed by atoms with E-state index in [0.29, 0.717) is 17.4 Å². The number of aryl methyl sites for hydroxylation is 2. The van der Waals surface area contributed by atoms with E-state index < -0.39 is 11.2 Å². The Bertz CT molecular complexity index is 1080. The Kier molecular flexibility index (Phi) is 4.48. The summed E-state index contributed by atoms with van der Waals surface area (Å²) >= 11 is 1.34. The van der Waals surface area contributed by atoms with Crippen molar-refractivity contribution in [3.05, 3.63) is 31.7 Å². The van der Waals surface area contributed by atoms with Gasteiger partial charge in [-0.2, -0.15) is 0 Å². The van der Waals surface area contributed by atoms with Crippen LogP contribution < -0.4 is 16.6 Å². The lowest BCUT2D eigenvalue weighted by Crippen LogP contribution is -2.28. The number of rotatable bonds is 4. The molecule has 3 aromatic heterocycles. The predicted octanol–water partition coefficient (Wildman–Crippen LogP) is 0.670. The van der Waals surface area contributed by atoms with Crippen LogP contribution in [0.4, 0.5) is 5.13 Å². The molecule has 10 nitrogen and oxygen atoms in total. The molecule has 0 aliphatic heterocycles. The molecule has 0 unspecified atom stereocenters. The Morgan fingerprint density at radius 2 is 1.96 bits per heavy atom. The smallest absolute Gasteiger partial charge is 0.329 e. The lowest BCUT2D eigenvalue weighted by Gasteiger charge is -2.12. The van der Waals surface area contributed by atoms with Crippen LogP contribution in [0, 0.1) is 0 Å². The summed E-state index contributed by atoms with van der Waals surface area (Å²) in [6, 6.07) is 0. The first-order chi connectivity index (χ1) is 12.1. The van der Waals surface area contributed by atoms with Crippen molar-refractivity contribution in [1.29, 1.82) is 0 Å². The van der Waals surface area contributed by atoms with E-state index in [-0.39, 0.29) is 28.9 Å². The van der Waals surface area contributed by atoms with Gasteiger partial charge in [0.05, 0.1) is 0 Å². The van der Waals surface area contributed by atoms with Crippen LogP contribution in [0.1, 0.15) is 38.0 Å². The van der Waals surface area contributed by atoms with E-state index in [4.69, 9.17) is 0 Å². The van der Waals surface area contributed by atoms with Gasteiger partial charge in [-0.15, -0.1) is 10.2 Å². The van der Waals surface area contributed by atoms with Gasteiger partial charge in [-0.25, -0.2) is 9.78 Å². The summed E-state index contributed by atoms with van der Waals surface area (Å²) in [5, 5.41) is 12.1. The Morgan fingerprint density at radius 1 is 1.23 bits per heavy atom. The highest BCUT2D eigenvalue weighted by Gasteiger charge is 2.20. The number of H-pyrrole nitrogens is 2. The van der Waals surface area contributed by atoms with E-state index in [1.54, 1.807) is 0 Å². The molecule has 0 aliphatic rings. The third-order valence-electron chi connectivity index (χ3n) is 3.71. The summed E-state index contributed by atoms with van der Waals surface area (Å²) in [4.78, 5) is 44.8. The molecule has 0 fully saturated rings. The van der Waals surface area contributed by atoms with Crippen molar-refractivity contribution in [3.63, 3.8) is 0 Å². The topological polar surface area (TPSA) is 138 Å². The predicted molar refractivity (Wildman–Crippen MR) is 97.5 cm³/mol. The van der Waals surface area contributed by atoms with Gasteiger partial charge in [0.1, 0.15) is 16.3 Å². The maximum Gasteiger partial charge on any atom is 0.329 e. The van der Waals surface area contributed by atoms with Crippen molar-refractivity contribution in [1.82, 2.24) is 29.7 Å². The number of aromatic amines is 2. The number of fused-ring (bicyclic) bond motifs is 1. The minimum absolute atomic E-state index is 0.127. The highest BCUT2D eigenvalue weighted by molar-refractivity contribution is 7.15. The molecular weight excluding hydrogens is 358 g/mol. The molecule has 3 rings (SSSR count). The summed E-state index contributed by atoms with van der Waals surface area (Å²) in [6.07, 6.45) is 0.440. The maximum absolute atomic E-state index is 12.1. The molecule has 3 heterocycles.